The van der Waals surface area contributed by atoms with Gasteiger partial charge >= 0.3 is 0 Å². The largest absolute Gasteiger partial charge is 0.457 e. The molecule has 0 unspecified atom stereocenters. The molecular weight excluding hydrogens is 430 g/mol. The number of aromatic nitrogens is 2. The van der Waals surface area contributed by atoms with Gasteiger partial charge in [0.1, 0.15) is 28.6 Å². The Morgan fingerprint density at radius 3 is 2.29 bits per heavy atom. The minimum atomic E-state index is -0.623. The van der Waals surface area contributed by atoms with Crippen LogP contribution in [0.3, 0.4) is 0 Å². The highest BCUT2D eigenvalue weighted by molar-refractivity contribution is 6.03. The third kappa shape index (κ3) is 5.04. The monoisotopic (exact) mass is 457 g/mol. The highest BCUT2D eigenvalue weighted by Crippen LogP contribution is 2.35. The van der Waals surface area contributed by atoms with E-state index < -0.39 is 5.91 Å². The van der Waals surface area contributed by atoms with Gasteiger partial charge in [-0.1, -0.05) is 24.1 Å². The van der Waals surface area contributed by atoms with E-state index in [-0.39, 0.29) is 29.4 Å². The number of benzene rings is 2. The van der Waals surface area contributed by atoms with E-state index in [1.807, 2.05) is 54.6 Å². The van der Waals surface area contributed by atoms with Gasteiger partial charge in [-0.2, -0.15) is 5.10 Å². The Hall–Kier alpha value is -4.25. The number of nitrogen functional groups attached to an aromatic ring is 1. The number of amides is 2. The molecule has 0 radical (unpaired) electrons. The maximum atomic E-state index is 12.3. The lowest BCUT2D eigenvalue weighted by atomic mass is 9.91. The van der Waals surface area contributed by atoms with E-state index in [0.29, 0.717) is 11.4 Å². The molecule has 0 saturated heterocycles. The summed E-state index contributed by atoms with van der Waals surface area (Å²) in [6, 6.07) is 16.8. The van der Waals surface area contributed by atoms with Gasteiger partial charge in [0.25, 0.3) is 11.8 Å². The van der Waals surface area contributed by atoms with E-state index in [2.05, 4.69) is 17.2 Å². The summed E-state index contributed by atoms with van der Waals surface area (Å²) in [5, 5.41) is 7.62. The fourth-order valence-electron chi connectivity index (χ4n) is 4.28. The van der Waals surface area contributed by atoms with Gasteiger partial charge in [-0.25, -0.2) is 4.68 Å². The first kappa shape index (κ1) is 22.9. The predicted molar refractivity (Wildman–Crippen MR) is 130 cm³/mol. The molecule has 2 amide bonds. The van der Waals surface area contributed by atoms with Crippen LogP contribution in [-0.2, 0) is 4.79 Å². The first-order valence-corrected chi connectivity index (χ1v) is 11.2. The van der Waals surface area contributed by atoms with Crippen molar-refractivity contribution in [3.63, 3.8) is 0 Å². The molecule has 5 N–H and O–H groups in total. The molecule has 1 heterocycles. The van der Waals surface area contributed by atoms with Crippen LogP contribution >= 0.6 is 0 Å². The zero-order valence-electron chi connectivity index (χ0n) is 19.0. The maximum absolute atomic E-state index is 12.3. The van der Waals surface area contributed by atoms with Crippen molar-refractivity contribution in [2.45, 2.75) is 44.7 Å². The summed E-state index contributed by atoms with van der Waals surface area (Å²) in [4.78, 5) is 24.0. The van der Waals surface area contributed by atoms with Crippen LogP contribution in [0.2, 0.25) is 0 Å². The van der Waals surface area contributed by atoms with Gasteiger partial charge in [0.15, 0.2) is 0 Å². The molecule has 1 aliphatic rings. The third-order valence-corrected chi connectivity index (χ3v) is 5.92. The number of carbonyl (C=O) groups is 2. The number of nitrogens with two attached hydrogens (primary N) is 2. The highest BCUT2D eigenvalue weighted by atomic mass is 16.5. The van der Waals surface area contributed by atoms with Crippen LogP contribution in [0.25, 0.3) is 11.3 Å². The quantitative estimate of drug-likeness (QED) is 0.487. The minimum absolute atomic E-state index is 0.0120. The molecule has 2 aromatic carbocycles. The van der Waals surface area contributed by atoms with Gasteiger partial charge in [-0.15, -0.1) is 0 Å². The SMILES string of the molecule is CC#CC(=O)N[C@H]1CC[C@@H](n2nc(-c3ccc(Oc4ccccc4)cc3)c(C(N)=O)c2N)CC1. The van der Waals surface area contributed by atoms with Crippen LogP contribution in [0.1, 0.15) is 49.0 Å². The Labute approximate surface area is 198 Å². The Bertz CT molecular complexity index is 1230. The van der Waals surface area contributed by atoms with Crippen molar-refractivity contribution in [2.75, 3.05) is 5.73 Å². The highest BCUT2D eigenvalue weighted by Gasteiger charge is 2.29. The standard InChI is InChI=1S/C26H27N5O3/c1-2-6-22(32)29-18-11-13-19(14-12-18)31-25(27)23(26(28)33)24(30-31)17-9-15-21(16-10-17)34-20-7-4-3-5-8-20/h3-5,7-10,15-16,18-19H,11-14,27H2,1H3,(H2,28,33)(H,29,32)/t18-,19+. The lowest BCUT2D eigenvalue weighted by molar-refractivity contribution is -0.116. The minimum Gasteiger partial charge on any atom is -0.457 e. The van der Waals surface area contributed by atoms with Crippen LogP contribution in [0, 0.1) is 11.8 Å². The Morgan fingerprint density at radius 1 is 1.03 bits per heavy atom. The van der Waals surface area contributed by atoms with Crippen LogP contribution in [0.5, 0.6) is 11.5 Å². The number of primary amides is 1. The van der Waals surface area contributed by atoms with Crippen molar-refractivity contribution in [2.24, 2.45) is 5.73 Å². The molecule has 174 valence electrons. The van der Waals surface area contributed by atoms with Gasteiger partial charge in [0.2, 0.25) is 0 Å². The molecule has 0 atom stereocenters. The first-order chi connectivity index (χ1) is 16.5. The number of hydrogen-bond acceptors (Lipinski definition) is 5. The normalized spacial score (nSPS) is 17.3. The Balaban J connectivity index is 1.53. The summed E-state index contributed by atoms with van der Waals surface area (Å²) < 4.78 is 7.55. The summed E-state index contributed by atoms with van der Waals surface area (Å²) in [6.07, 6.45) is 3.07. The summed E-state index contributed by atoms with van der Waals surface area (Å²) in [7, 11) is 0. The van der Waals surface area contributed by atoms with Crippen molar-refractivity contribution < 1.29 is 14.3 Å². The van der Waals surface area contributed by atoms with Crippen LogP contribution in [0.15, 0.2) is 54.6 Å². The number of ether oxygens (including phenoxy) is 1. The van der Waals surface area contributed by atoms with E-state index in [1.165, 1.54) is 0 Å². The first-order valence-electron chi connectivity index (χ1n) is 11.2. The summed E-state index contributed by atoms with van der Waals surface area (Å²) >= 11 is 0. The Kier molecular flexibility index (Phi) is 6.83. The fourth-order valence-corrected chi connectivity index (χ4v) is 4.28. The number of hydrogen-bond donors (Lipinski definition) is 3. The fraction of sp³-hybridized carbons (Fsp3) is 0.269. The average molecular weight is 458 g/mol. The molecule has 8 heteroatoms. The van der Waals surface area contributed by atoms with Gasteiger partial charge in [0.05, 0.1) is 6.04 Å². The second kappa shape index (κ2) is 10.1. The van der Waals surface area contributed by atoms with E-state index in [4.69, 9.17) is 21.3 Å². The predicted octanol–water partition coefficient (Wildman–Crippen LogP) is 3.65. The smallest absolute Gasteiger partial charge is 0.296 e. The maximum Gasteiger partial charge on any atom is 0.296 e. The van der Waals surface area contributed by atoms with Crippen molar-refractivity contribution in [3.8, 4) is 34.6 Å². The topological polar surface area (TPSA) is 125 Å². The lowest BCUT2D eigenvalue weighted by Crippen LogP contribution is -2.37. The van der Waals surface area contributed by atoms with E-state index in [1.54, 1.807) is 11.6 Å². The average Bonchev–Trinajstić information content (AvgIpc) is 3.18. The van der Waals surface area contributed by atoms with Crippen molar-refractivity contribution in [1.82, 2.24) is 15.1 Å². The zero-order chi connectivity index (χ0) is 24.1. The molecule has 0 aliphatic heterocycles. The zero-order valence-corrected chi connectivity index (χ0v) is 19.0. The lowest BCUT2D eigenvalue weighted by Gasteiger charge is -2.29. The molecular formula is C26H27N5O3. The Morgan fingerprint density at radius 2 is 1.68 bits per heavy atom. The summed E-state index contributed by atoms with van der Waals surface area (Å²) in [5.74, 6) is 5.88. The second-order valence-electron chi connectivity index (χ2n) is 8.21. The number of para-hydroxylation sites is 1. The summed E-state index contributed by atoms with van der Waals surface area (Å²) in [5.41, 5.74) is 13.4. The van der Waals surface area contributed by atoms with Gasteiger partial charge < -0.3 is 21.5 Å². The second-order valence-corrected chi connectivity index (χ2v) is 8.21. The molecule has 1 aliphatic carbocycles. The molecule has 3 aromatic rings. The van der Waals surface area contributed by atoms with E-state index in [0.717, 1.165) is 37.0 Å². The molecule has 1 saturated carbocycles. The summed E-state index contributed by atoms with van der Waals surface area (Å²) in [6.45, 7) is 1.63. The van der Waals surface area contributed by atoms with E-state index >= 15 is 0 Å². The van der Waals surface area contributed by atoms with Crippen molar-refractivity contribution in [3.05, 3.63) is 60.2 Å². The molecule has 8 nitrogen and oxygen atoms in total. The van der Waals surface area contributed by atoms with E-state index in [9.17, 15) is 9.59 Å². The van der Waals surface area contributed by atoms with Gasteiger partial charge in [0, 0.05) is 11.6 Å². The van der Waals surface area contributed by atoms with Gasteiger partial charge in [-0.3, -0.25) is 9.59 Å². The van der Waals surface area contributed by atoms with Crippen molar-refractivity contribution in [1.29, 1.82) is 0 Å². The number of anilines is 1. The van der Waals surface area contributed by atoms with Crippen LogP contribution in [0.4, 0.5) is 5.82 Å². The van der Waals surface area contributed by atoms with Gasteiger partial charge in [-0.05, 0) is 74.9 Å². The number of carbonyl (C=O) groups excluding carboxylic acids is 2. The number of nitrogens with one attached hydrogen (secondary N) is 1. The molecule has 4 rings (SSSR count). The van der Waals surface area contributed by atoms with Crippen LogP contribution < -0.4 is 21.5 Å². The number of nitrogens with zero attached hydrogens (tertiary/aromatic N) is 2. The number of rotatable bonds is 6. The molecule has 34 heavy (non-hydrogen) atoms. The molecule has 0 spiro atoms. The molecule has 1 aromatic heterocycles. The van der Waals surface area contributed by atoms with Crippen molar-refractivity contribution >= 4 is 17.6 Å². The third-order valence-electron chi connectivity index (χ3n) is 5.92. The molecule has 0 bridgehead atoms. The van der Waals surface area contributed by atoms with Crippen LogP contribution in [-0.4, -0.2) is 27.6 Å². The molecule has 1 fully saturated rings.